The number of halogens is 1. The molecule has 0 saturated heterocycles. The van der Waals surface area contributed by atoms with Gasteiger partial charge < -0.3 is 5.32 Å². The maximum Gasteiger partial charge on any atom is 0.146 e. The fourth-order valence-corrected chi connectivity index (χ4v) is 1.03. The Balaban J connectivity index is 2.15. The Morgan fingerprint density at radius 3 is 2.64 bits per heavy atom. The Kier molecular flexibility index (Phi) is 1.53. The fraction of sp³-hybridized carbons (Fsp3) is 0.333. The molecule has 2 rings (SSSR count). The summed E-state index contributed by atoms with van der Waals surface area (Å²) < 4.78 is 12.9. The lowest BCUT2D eigenvalue weighted by Crippen LogP contribution is -2.02. The summed E-state index contributed by atoms with van der Waals surface area (Å²) in [5, 5.41) is 3.11. The van der Waals surface area contributed by atoms with Crippen molar-refractivity contribution in [3.05, 3.63) is 30.1 Å². The average Bonchev–Trinajstić information content (AvgIpc) is 2.78. The molecule has 0 aliphatic heterocycles. The molecule has 1 fully saturated rings. The van der Waals surface area contributed by atoms with Gasteiger partial charge in [-0.25, -0.2) is 4.39 Å². The second kappa shape index (κ2) is 2.53. The lowest BCUT2D eigenvalue weighted by Gasteiger charge is -2.03. The minimum absolute atomic E-state index is 0.153. The summed E-state index contributed by atoms with van der Waals surface area (Å²) in [7, 11) is 0. The Morgan fingerprint density at radius 1 is 1.27 bits per heavy atom. The van der Waals surface area contributed by atoms with Gasteiger partial charge >= 0.3 is 0 Å². The van der Waals surface area contributed by atoms with Crippen molar-refractivity contribution in [1.82, 2.24) is 0 Å². The van der Waals surface area contributed by atoms with Gasteiger partial charge in [-0.05, 0) is 25.0 Å². The summed E-state index contributed by atoms with van der Waals surface area (Å²) >= 11 is 0. The first kappa shape index (κ1) is 6.65. The minimum Gasteiger partial charge on any atom is -0.380 e. The lowest BCUT2D eigenvalue weighted by molar-refractivity contribution is 0.630. The maximum absolute atomic E-state index is 12.9. The van der Waals surface area contributed by atoms with Crippen molar-refractivity contribution in [3.63, 3.8) is 0 Å². The van der Waals surface area contributed by atoms with E-state index in [2.05, 4.69) is 5.32 Å². The lowest BCUT2D eigenvalue weighted by atomic mass is 10.3. The number of benzene rings is 1. The number of rotatable bonds is 2. The van der Waals surface area contributed by atoms with Crippen LogP contribution in [0.3, 0.4) is 0 Å². The predicted molar refractivity (Wildman–Crippen MR) is 43.0 cm³/mol. The number of hydrogen-bond donors (Lipinski definition) is 1. The predicted octanol–water partition coefficient (Wildman–Crippen LogP) is 2.40. The highest BCUT2D eigenvalue weighted by molar-refractivity contribution is 5.46. The fourth-order valence-electron chi connectivity index (χ4n) is 1.03. The van der Waals surface area contributed by atoms with Crippen molar-refractivity contribution < 1.29 is 4.39 Å². The molecule has 0 atom stereocenters. The van der Waals surface area contributed by atoms with E-state index >= 15 is 0 Å². The largest absolute Gasteiger partial charge is 0.380 e. The average molecular weight is 151 g/mol. The summed E-state index contributed by atoms with van der Waals surface area (Å²) in [4.78, 5) is 0. The Hall–Kier alpha value is -1.05. The number of para-hydroxylation sites is 1. The molecule has 0 heterocycles. The zero-order chi connectivity index (χ0) is 7.68. The topological polar surface area (TPSA) is 12.0 Å². The molecule has 0 amide bonds. The summed E-state index contributed by atoms with van der Waals surface area (Å²) in [6.07, 6.45) is 2.35. The van der Waals surface area contributed by atoms with Crippen molar-refractivity contribution >= 4 is 5.69 Å². The first-order valence-electron chi connectivity index (χ1n) is 3.87. The van der Waals surface area contributed by atoms with Gasteiger partial charge in [-0.1, -0.05) is 12.1 Å². The second-order valence-corrected chi connectivity index (χ2v) is 2.90. The van der Waals surface area contributed by atoms with Gasteiger partial charge in [0.25, 0.3) is 0 Å². The van der Waals surface area contributed by atoms with Crippen molar-refractivity contribution in [3.8, 4) is 0 Å². The highest BCUT2D eigenvalue weighted by Crippen LogP contribution is 2.25. The molecule has 2 heteroatoms. The quantitative estimate of drug-likeness (QED) is 0.684. The molecule has 1 saturated carbocycles. The molecule has 1 N–H and O–H groups in total. The molecule has 1 aliphatic carbocycles. The third-order valence-corrected chi connectivity index (χ3v) is 1.81. The normalized spacial score (nSPS) is 16.5. The maximum atomic E-state index is 12.9. The van der Waals surface area contributed by atoms with Gasteiger partial charge in [0.05, 0.1) is 5.69 Å². The van der Waals surface area contributed by atoms with Crippen LogP contribution in [-0.2, 0) is 0 Å². The molecule has 1 nitrogen and oxygen atoms in total. The van der Waals surface area contributed by atoms with Crippen LogP contribution in [0.2, 0.25) is 0 Å². The van der Waals surface area contributed by atoms with E-state index in [1.165, 1.54) is 18.9 Å². The molecule has 0 radical (unpaired) electrons. The van der Waals surface area contributed by atoms with Crippen LogP contribution in [0.4, 0.5) is 10.1 Å². The summed E-state index contributed by atoms with van der Waals surface area (Å²) in [5.41, 5.74) is 0.634. The molecule has 1 aromatic carbocycles. The van der Waals surface area contributed by atoms with E-state index < -0.39 is 0 Å². The van der Waals surface area contributed by atoms with E-state index in [0.717, 1.165) is 0 Å². The molecule has 11 heavy (non-hydrogen) atoms. The minimum atomic E-state index is -0.153. The van der Waals surface area contributed by atoms with E-state index in [9.17, 15) is 4.39 Å². The van der Waals surface area contributed by atoms with Crippen molar-refractivity contribution in [2.75, 3.05) is 5.32 Å². The number of nitrogens with one attached hydrogen (secondary N) is 1. The van der Waals surface area contributed by atoms with Crippen LogP contribution >= 0.6 is 0 Å². The monoisotopic (exact) mass is 151 g/mol. The van der Waals surface area contributed by atoms with E-state index in [0.29, 0.717) is 11.7 Å². The van der Waals surface area contributed by atoms with Crippen LogP contribution in [0, 0.1) is 5.82 Å². The molecular formula is C9H10FN. The van der Waals surface area contributed by atoms with Crippen molar-refractivity contribution in [2.24, 2.45) is 0 Å². The third kappa shape index (κ3) is 1.50. The van der Waals surface area contributed by atoms with Crippen LogP contribution in [-0.4, -0.2) is 6.04 Å². The highest BCUT2D eigenvalue weighted by atomic mass is 19.1. The van der Waals surface area contributed by atoms with Crippen LogP contribution in [0.25, 0.3) is 0 Å². The molecule has 1 aromatic rings. The van der Waals surface area contributed by atoms with Crippen LogP contribution < -0.4 is 5.32 Å². The van der Waals surface area contributed by atoms with Crippen LogP contribution in [0.15, 0.2) is 24.3 Å². The SMILES string of the molecule is Fc1ccccc1NC1CC1. The van der Waals surface area contributed by atoms with E-state index in [-0.39, 0.29) is 5.82 Å². The van der Waals surface area contributed by atoms with Crippen LogP contribution in [0.1, 0.15) is 12.8 Å². The Labute approximate surface area is 65.2 Å². The van der Waals surface area contributed by atoms with Gasteiger partial charge in [-0.15, -0.1) is 0 Å². The van der Waals surface area contributed by atoms with Crippen LogP contribution in [0.5, 0.6) is 0 Å². The van der Waals surface area contributed by atoms with E-state index in [1.807, 2.05) is 6.07 Å². The van der Waals surface area contributed by atoms with Crippen molar-refractivity contribution in [2.45, 2.75) is 18.9 Å². The molecule has 0 aromatic heterocycles. The summed E-state index contributed by atoms with van der Waals surface area (Å²) in [6, 6.07) is 7.31. The third-order valence-electron chi connectivity index (χ3n) is 1.81. The first-order chi connectivity index (χ1) is 5.36. The zero-order valence-corrected chi connectivity index (χ0v) is 6.18. The number of hydrogen-bond acceptors (Lipinski definition) is 1. The molecule has 0 unspecified atom stereocenters. The number of anilines is 1. The van der Waals surface area contributed by atoms with Gasteiger partial charge in [0.1, 0.15) is 5.82 Å². The second-order valence-electron chi connectivity index (χ2n) is 2.90. The van der Waals surface area contributed by atoms with Gasteiger partial charge in [0, 0.05) is 6.04 Å². The van der Waals surface area contributed by atoms with E-state index in [1.54, 1.807) is 12.1 Å². The van der Waals surface area contributed by atoms with Gasteiger partial charge in [-0.3, -0.25) is 0 Å². The smallest absolute Gasteiger partial charge is 0.146 e. The van der Waals surface area contributed by atoms with Gasteiger partial charge in [0.15, 0.2) is 0 Å². The molecule has 1 aliphatic rings. The first-order valence-corrected chi connectivity index (χ1v) is 3.87. The Bertz CT molecular complexity index is 255. The molecular weight excluding hydrogens is 141 g/mol. The zero-order valence-electron chi connectivity index (χ0n) is 6.18. The Morgan fingerprint density at radius 2 is 2.00 bits per heavy atom. The standard InChI is InChI=1S/C9H10FN/c10-8-3-1-2-4-9(8)11-7-5-6-7/h1-4,7,11H,5-6H2. The molecule has 0 bridgehead atoms. The van der Waals surface area contributed by atoms with Gasteiger partial charge in [0.2, 0.25) is 0 Å². The van der Waals surface area contributed by atoms with E-state index in [4.69, 9.17) is 0 Å². The van der Waals surface area contributed by atoms with Crippen molar-refractivity contribution in [1.29, 1.82) is 0 Å². The highest BCUT2D eigenvalue weighted by Gasteiger charge is 2.21. The molecule has 58 valence electrons. The summed E-state index contributed by atoms with van der Waals surface area (Å²) in [6.45, 7) is 0. The summed E-state index contributed by atoms with van der Waals surface area (Å²) in [5.74, 6) is -0.153. The molecule has 0 spiro atoms. The van der Waals surface area contributed by atoms with Gasteiger partial charge in [-0.2, -0.15) is 0 Å².